The average molecular weight is 202 g/mol. The Morgan fingerprint density at radius 3 is 2.73 bits per heavy atom. The van der Waals surface area contributed by atoms with Crippen LogP contribution in [0.15, 0.2) is 24.7 Å². The van der Waals surface area contributed by atoms with Gasteiger partial charge in [0.2, 0.25) is 0 Å². The Bertz CT molecular complexity index is 463. The maximum absolute atomic E-state index is 4.12. The van der Waals surface area contributed by atoms with E-state index in [1.165, 1.54) is 10.9 Å². The summed E-state index contributed by atoms with van der Waals surface area (Å²) in [7, 11) is 0. The number of H-pyrrole nitrogens is 1. The molecule has 0 spiro atoms. The van der Waals surface area contributed by atoms with Crippen molar-refractivity contribution in [3.63, 3.8) is 0 Å². The number of aromatic nitrogens is 2. The molecule has 1 atom stereocenters. The number of nitrogens with zero attached hydrogens (tertiary/aromatic N) is 1. The molecule has 0 saturated heterocycles. The van der Waals surface area contributed by atoms with Gasteiger partial charge in [0.1, 0.15) is 0 Å². The normalized spacial score (nSPS) is 14.4. The van der Waals surface area contributed by atoms with Crippen molar-refractivity contribution >= 4 is 10.9 Å². The van der Waals surface area contributed by atoms with Gasteiger partial charge in [0.15, 0.2) is 0 Å². The number of nitrogens with one attached hydrogen (secondary N) is 1. The van der Waals surface area contributed by atoms with Crippen molar-refractivity contribution < 1.29 is 0 Å². The highest BCUT2D eigenvalue weighted by Gasteiger charge is 2.23. The van der Waals surface area contributed by atoms with Crippen molar-refractivity contribution in [3.05, 3.63) is 30.2 Å². The molecule has 0 fully saturated rings. The number of hydrogen-bond donors (Lipinski definition) is 1. The van der Waals surface area contributed by atoms with Gasteiger partial charge in [0.05, 0.1) is 11.7 Å². The van der Waals surface area contributed by atoms with Crippen LogP contribution in [-0.4, -0.2) is 9.97 Å². The van der Waals surface area contributed by atoms with E-state index in [-0.39, 0.29) is 0 Å². The second-order valence-corrected chi connectivity index (χ2v) is 5.25. The van der Waals surface area contributed by atoms with Gasteiger partial charge in [-0.1, -0.05) is 27.7 Å². The maximum atomic E-state index is 4.12. The molecule has 0 amide bonds. The fourth-order valence-corrected chi connectivity index (χ4v) is 1.82. The lowest BCUT2D eigenvalue weighted by molar-refractivity contribution is 0.341. The summed E-state index contributed by atoms with van der Waals surface area (Å²) < 4.78 is 0. The fourth-order valence-electron chi connectivity index (χ4n) is 1.82. The van der Waals surface area contributed by atoms with E-state index < -0.39 is 0 Å². The third-order valence-electron chi connectivity index (χ3n) is 3.28. The van der Waals surface area contributed by atoms with Gasteiger partial charge in [-0.15, -0.1) is 0 Å². The van der Waals surface area contributed by atoms with Crippen LogP contribution in [0, 0.1) is 5.41 Å². The minimum absolute atomic E-state index is 0.290. The van der Waals surface area contributed by atoms with Crippen LogP contribution in [0.5, 0.6) is 0 Å². The summed E-state index contributed by atoms with van der Waals surface area (Å²) in [5.41, 5.74) is 2.81. The second kappa shape index (κ2) is 3.37. The summed E-state index contributed by atoms with van der Waals surface area (Å²) >= 11 is 0. The quantitative estimate of drug-likeness (QED) is 0.750. The lowest BCUT2D eigenvalue weighted by atomic mass is 9.78. The largest absolute Gasteiger partial charge is 0.360 e. The summed E-state index contributed by atoms with van der Waals surface area (Å²) in [6, 6.07) is 2.09. The lowest BCUT2D eigenvalue weighted by Gasteiger charge is -2.27. The molecule has 0 aliphatic heterocycles. The highest BCUT2D eigenvalue weighted by atomic mass is 14.7. The van der Waals surface area contributed by atoms with Crippen LogP contribution in [0.2, 0.25) is 0 Å². The Hall–Kier alpha value is -1.31. The van der Waals surface area contributed by atoms with Crippen molar-refractivity contribution in [2.45, 2.75) is 33.6 Å². The highest BCUT2D eigenvalue weighted by molar-refractivity contribution is 5.82. The van der Waals surface area contributed by atoms with Gasteiger partial charge in [0, 0.05) is 17.8 Å². The molecule has 0 saturated carbocycles. The zero-order chi connectivity index (χ0) is 11.1. The molecule has 2 rings (SSSR count). The molecule has 1 N–H and O–H groups in total. The average Bonchev–Trinajstić information content (AvgIpc) is 2.58. The third-order valence-corrected chi connectivity index (χ3v) is 3.28. The first-order valence-electron chi connectivity index (χ1n) is 5.41. The Labute approximate surface area is 90.7 Å². The number of fused-ring (bicyclic) bond motifs is 1. The molecule has 2 aromatic rings. The molecule has 0 aliphatic carbocycles. The predicted molar refractivity (Wildman–Crippen MR) is 64.0 cm³/mol. The smallest absolute Gasteiger partial charge is 0.0643 e. The summed E-state index contributed by atoms with van der Waals surface area (Å²) in [6.45, 7) is 9.11. The van der Waals surface area contributed by atoms with E-state index in [1.54, 1.807) is 0 Å². The van der Waals surface area contributed by atoms with Crippen molar-refractivity contribution in [1.29, 1.82) is 0 Å². The first-order chi connectivity index (χ1) is 7.00. The summed E-state index contributed by atoms with van der Waals surface area (Å²) in [5, 5.41) is 1.30. The second-order valence-electron chi connectivity index (χ2n) is 5.25. The minimum atomic E-state index is 0.290. The van der Waals surface area contributed by atoms with Gasteiger partial charge in [-0.2, -0.15) is 0 Å². The monoisotopic (exact) mass is 202 g/mol. The molecular weight excluding hydrogens is 184 g/mol. The standard InChI is InChI=1S/C13H18N2/c1-9(13(2,3)4)11-7-15-12-8-14-6-5-10(11)12/h5-9,15H,1-4H3. The molecule has 0 aromatic carbocycles. The van der Waals surface area contributed by atoms with E-state index in [0.717, 1.165) is 5.52 Å². The van der Waals surface area contributed by atoms with Gasteiger partial charge >= 0.3 is 0 Å². The van der Waals surface area contributed by atoms with Crippen molar-refractivity contribution in [3.8, 4) is 0 Å². The van der Waals surface area contributed by atoms with Gasteiger partial charge in [-0.05, 0) is 23.0 Å². The number of rotatable bonds is 1. The number of pyridine rings is 1. The van der Waals surface area contributed by atoms with Crippen LogP contribution in [0.3, 0.4) is 0 Å². The van der Waals surface area contributed by atoms with Crippen LogP contribution in [0.4, 0.5) is 0 Å². The summed E-state index contributed by atoms with van der Waals surface area (Å²) in [6.07, 6.45) is 5.85. The third kappa shape index (κ3) is 1.76. The first kappa shape index (κ1) is 10.2. The maximum Gasteiger partial charge on any atom is 0.0643 e. The van der Waals surface area contributed by atoms with Crippen LogP contribution >= 0.6 is 0 Å². The van der Waals surface area contributed by atoms with Crippen molar-refractivity contribution in [2.75, 3.05) is 0 Å². The van der Waals surface area contributed by atoms with Crippen LogP contribution in [0.25, 0.3) is 10.9 Å². The number of aromatic amines is 1. The van der Waals surface area contributed by atoms with E-state index in [2.05, 4.69) is 49.9 Å². The van der Waals surface area contributed by atoms with Crippen LogP contribution in [0.1, 0.15) is 39.2 Å². The molecule has 0 aliphatic rings. The predicted octanol–water partition coefficient (Wildman–Crippen LogP) is 3.71. The first-order valence-corrected chi connectivity index (χ1v) is 5.41. The van der Waals surface area contributed by atoms with Crippen molar-refractivity contribution in [1.82, 2.24) is 9.97 Å². The van der Waals surface area contributed by atoms with Crippen LogP contribution in [-0.2, 0) is 0 Å². The molecule has 15 heavy (non-hydrogen) atoms. The molecule has 0 radical (unpaired) electrons. The van der Waals surface area contributed by atoms with Gasteiger partial charge in [-0.25, -0.2) is 0 Å². The SMILES string of the molecule is CC(c1c[nH]c2cnccc12)C(C)(C)C. The van der Waals surface area contributed by atoms with Gasteiger partial charge in [0.25, 0.3) is 0 Å². The van der Waals surface area contributed by atoms with Gasteiger partial charge < -0.3 is 4.98 Å². The van der Waals surface area contributed by atoms with Crippen LogP contribution < -0.4 is 0 Å². The molecule has 0 bridgehead atoms. The Kier molecular flexibility index (Phi) is 2.29. The summed E-state index contributed by atoms with van der Waals surface area (Å²) in [4.78, 5) is 7.40. The highest BCUT2D eigenvalue weighted by Crippen LogP contribution is 2.37. The number of hydrogen-bond acceptors (Lipinski definition) is 1. The zero-order valence-electron chi connectivity index (χ0n) is 9.83. The molecule has 2 aromatic heterocycles. The lowest BCUT2D eigenvalue weighted by Crippen LogP contribution is -2.14. The molecule has 1 unspecified atom stereocenters. The van der Waals surface area contributed by atoms with Gasteiger partial charge in [-0.3, -0.25) is 4.98 Å². The minimum Gasteiger partial charge on any atom is -0.360 e. The van der Waals surface area contributed by atoms with Crippen molar-refractivity contribution in [2.24, 2.45) is 5.41 Å². The Morgan fingerprint density at radius 1 is 1.33 bits per heavy atom. The molecule has 2 nitrogen and oxygen atoms in total. The zero-order valence-corrected chi connectivity index (χ0v) is 9.83. The Morgan fingerprint density at radius 2 is 2.07 bits per heavy atom. The Balaban J connectivity index is 2.53. The fraction of sp³-hybridized carbons (Fsp3) is 0.462. The van der Waals surface area contributed by atoms with E-state index in [9.17, 15) is 0 Å². The van der Waals surface area contributed by atoms with E-state index in [0.29, 0.717) is 11.3 Å². The molecule has 80 valence electrons. The van der Waals surface area contributed by atoms with E-state index >= 15 is 0 Å². The van der Waals surface area contributed by atoms with E-state index in [1.807, 2.05) is 12.4 Å². The molecular formula is C13H18N2. The molecule has 2 heterocycles. The summed E-state index contributed by atoms with van der Waals surface area (Å²) in [5.74, 6) is 0.536. The molecule has 2 heteroatoms. The van der Waals surface area contributed by atoms with E-state index in [4.69, 9.17) is 0 Å². The topological polar surface area (TPSA) is 28.7 Å².